The van der Waals surface area contributed by atoms with E-state index < -0.39 is 47.4 Å². The van der Waals surface area contributed by atoms with Crippen molar-refractivity contribution in [3.05, 3.63) is 71.8 Å². The predicted molar refractivity (Wildman–Crippen MR) is 139 cm³/mol. The summed E-state index contributed by atoms with van der Waals surface area (Å²) in [6.07, 6.45) is -2.14. The molecule has 1 heterocycles. The fourth-order valence-corrected chi connectivity index (χ4v) is 3.98. The summed E-state index contributed by atoms with van der Waals surface area (Å²) in [4.78, 5) is 52.9. The zero-order chi connectivity index (χ0) is 27.9. The maximum Gasteiger partial charge on any atom is 0.417 e. The maximum atomic E-state index is 13.8. The van der Waals surface area contributed by atoms with Crippen LogP contribution in [0, 0.1) is 0 Å². The van der Waals surface area contributed by atoms with Crippen LogP contribution >= 0.6 is 0 Å². The van der Waals surface area contributed by atoms with Gasteiger partial charge in [0, 0.05) is 0 Å². The van der Waals surface area contributed by atoms with Gasteiger partial charge in [-0.25, -0.2) is 19.3 Å². The lowest BCUT2D eigenvalue weighted by molar-refractivity contribution is -0.133. The van der Waals surface area contributed by atoms with E-state index in [1.54, 1.807) is 46.8 Å². The normalized spacial score (nSPS) is 16.3. The van der Waals surface area contributed by atoms with Crippen molar-refractivity contribution in [3.63, 3.8) is 0 Å². The van der Waals surface area contributed by atoms with E-state index >= 15 is 0 Å². The van der Waals surface area contributed by atoms with E-state index in [-0.39, 0.29) is 13.2 Å². The molecule has 2 aromatic rings. The van der Waals surface area contributed by atoms with E-state index in [1.807, 2.05) is 48.5 Å². The molecular formula is C28H35N3O7. The minimum absolute atomic E-state index is 0.00453. The van der Waals surface area contributed by atoms with Gasteiger partial charge in [0.05, 0.1) is 11.6 Å². The van der Waals surface area contributed by atoms with Crippen molar-refractivity contribution in [1.29, 1.82) is 0 Å². The van der Waals surface area contributed by atoms with Crippen LogP contribution < -0.4 is 10.6 Å². The summed E-state index contributed by atoms with van der Waals surface area (Å²) < 4.78 is 15.9. The number of hydrogen-bond acceptors (Lipinski definition) is 7. The van der Waals surface area contributed by atoms with Gasteiger partial charge in [-0.05, 0) is 52.2 Å². The first kappa shape index (κ1) is 28.5. The first-order valence-electron chi connectivity index (χ1n) is 12.4. The number of nitrogens with zero attached hydrogens (tertiary/aromatic N) is 1. The van der Waals surface area contributed by atoms with Crippen LogP contribution in [-0.4, -0.2) is 58.9 Å². The molecule has 38 heavy (non-hydrogen) atoms. The second-order valence-electron chi connectivity index (χ2n) is 10.6. The molecule has 1 saturated heterocycles. The first-order valence-corrected chi connectivity index (χ1v) is 12.4. The molecule has 204 valence electrons. The average Bonchev–Trinajstić information content (AvgIpc) is 3.20. The number of nitrogens with one attached hydrogen (secondary N) is 2. The van der Waals surface area contributed by atoms with Crippen LogP contribution in [0.3, 0.4) is 0 Å². The van der Waals surface area contributed by atoms with Crippen LogP contribution in [0.25, 0.3) is 0 Å². The van der Waals surface area contributed by atoms with E-state index in [2.05, 4.69) is 10.6 Å². The van der Waals surface area contributed by atoms with Gasteiger partial charge in [0.25, 0.3) is 5.91 Å². The minimum atomic E-state index is -1.39. The second kappa shape index (κ2) is 12.0. The number of carbonyl (C=O) groups is 4. The fraction of sp³-hybridized carbons (Fsp3) is 0.429. The molecule has 10 nitrogen and oxygen atoms in total. The number of cyclic esters (lactones) is 1. The van der Waals surface area contributed by atoms with E-state index in [0.717, 1.165) is 16.0 Å². The van der Waals surface area contributed by atoms with Gasteiger partial charge in [0.15, 0.2) is 0 Å². The van der Waals surface area contributed by atoms with Crippen molar-refractivity contribution in [1.82, 2.24) is 15.5 Å². The Morgan fingerprint density at radius 2 is 1.53 bits per heavy atom. The highest BCUT2D eigenvalue weighted by molar-refractivity contribution is 5.98. The molecule has 2 N–H and O–H groups in total. The lowest BCUT2D eigenvalue weighted by Crippen LogP contribution is -2.66. The summed E-state index contributed by atoms with van der Waals surface area (Å²) in [5.41, 5.74) is -0.513. The molecule has 4 amide bonds. The van der Waals surface area contributed by atoms with Crippen LogP contribution in [0.1, 0.15) is 45.7 Å². The standard InChI is InChI=1S/C28H35N3O7/c1-27(2,3)38-25(34)30-28(4,5)22(29-24(33)36-17-20-14-10-7-11-15-20)23(32)31-21(18-37-26(31)35)16-19-12-8-6-9-13-19/h6-15,21-22H,16-18H2,1-5H3,(H,29,33)(H,30,34)/t21?,22-/m1/s1. The molecule has 3 rings (SSSR count). The minimum Gasteiger partial charge on any atom is -0.447 e. The second-order valence-corrected chi connectivity index (χ2v) is 10.6. The van der Waals surface area contributed by atoms with Crippen molar-refractivity contribution in [3.8, 4) is 0 Å². The van der Waals surface area contributed by atoms with Crippen molar-refractivity contribution >= 4 is 24.2 Å². The van der Waals surface area contributed by atoms with Gasteiger partial charge < -0.3 is 24.8 Å². The van der Waals surface area contributed by atoms with Gasteiger partial charge in [-0.3, -0.25) is 4.79 Å². The van der Waals surface area contributed by atoms with Crippen LogP contribution in [0.15, 0.2) is 60.7 Å². The van der Waals surface area contributed by atoms with Gasteiger partial charge in [-0.1, -0.05) is 60.7 Å². The lowest BCUT2D eigenvalue weighted by Gasteiger charge is -2.37. The third-order valence-electron chi connectivity index (χ3n) is 5.78. The number of benzene rings is 2. The zero-order valence-electron chi connectivity index (χ0n) is 22.4. The van der Waals surface area contributed by atoms with Crippen LogP contribution in [0.5, 0.6) is 0 Å². The van der Waals surface area contributed by atoms with E-state index in [1.165, 1.54) is 0 Å². The Hall–Kier alpha value is -4.08. The van der Waals surface area contributed by atoms with Gasteiger partial charge in [-0.2, -0.15) is 0 Å². The molecule has 0 spiro atoms. The third-order valence-corrected chi connectivity index (χ3v) is 5.78. The summed E-state index contributed by atoms with van der Waals surface area (Å²) in [6, 6.07) is 16.4. The average molecular weight is 526 g/mol. The number of ether oxygens (including phenoxy) is 3. The Labute approximate surface area is 222 Å². The topological polar surface area (TPSA) is 123 Å². The van der Waals surface area contributed by atoms with Crippen LogP contribution in [0.4, 0.5) is 14.4 Å². The van der Waals surface area contributed by atoms with Crippen LogP contribution in [-0.2, 0) is 32.0 Å². The quantitative estimate of drug-likeness (QED) is 0.496. The number of hydrogen-bond donors (Lipinski definition) is 2. The molecule has 1 aliphatic rings. The maximum absolute atomic E-state index is 13.8. The van der Waals surface area contributed by atoms with E-state index in [9.17, 15) is 19.2 Å². The number of alkyl carbamates (subject to hydrolysis) is 2. The highest BCUT2D eigenvalue weighted by Crippen LogP contribution is 2.22. The molecular weight excluding hydrogens is 490 g/mol. The van der Waals surface area contributed by atoms with Gasteiger partial charge in [0.1, 0.15) is 24.9 Å². The molecule has 0 aromatic heterocycles. The molecule has 0 aliphatic carbocycles. The molecule has 10 heteroatoms. The SMILES string of the molecule is CC(C)(C)OC(=O)NC(C)(C)[C@H](NC(=O)OCc1ccccc1)C(=O)N1C(=O)OCC1Cc1ccccc1. The van der Waals surface area contributed by atoms with Gasteiger partial charge in [0.2, 0.25) is 0 Å². The van der Waals surface area contributed by atoms with Crippen molar-refractivity contribution in [2.24, 2.45) is 0 Å². The molecule has 1 unspecified atom stereocenters. The first-order chi connectivity index (χ1) is 17.9. The Morgan fingerprint density at radius 1 is 0.947 bits per heavy atom. The predicted octanol–water partition coefficient (Wildman–Crippen LogP) is 4.17. The van der Waals surface area contributed by atoms with Crippen molar-refractivity contribution in [2.45, 2.75) is 70.9 Å². The number of amides is 4. The Balaban J connectivity index is 1.82. The molecule has 1 fully saturated rings. The molecule has 0 bridgehead atoms. The fourth-order valence-electron chi connectivity index (χ4n) is 3.98. The Kier molecular flexibility index (Phi) is 8.98. The zero-order valence-corrected chi connectivity index (χ0v) is 22.4. The molecule has 0 saturated carbocycles. The molecule has 2 atom stereocenters. The molecule has 1 aliphatic heterocycles. The third kappa shape index (κ3) is 7.96. The molecule has 2 aromatic carbocycles. The highest BCUT2D eigenvalue weighted by atomic mass is 16.6. The van der Waals surface area contributed by atoms with Crippen molar-refractivity contribution in [2.75, 3.05) is 6.61 Å². The van der Waals surface area contributed by atoms with E-state index in [0.29, 0.717) is 6.42 Å². The molecule has 0 radical (unpaired) electrons. The smallest absolute Gasteiger partial charge is 0.417 e. The number of imide groups is 1. The summed E-state index contributed by atoms with van der Waals surface area (Å²) in [6.45, 7) is 8.18. The van der Waals surface area contributed by atoms with Crippen LogP contribution in [0.2, 0.25) is 0 Å². The highest BCUT2D eigenvalue weighted by Gasteiger charge is 2.47. The lowest BCUT2D eigenvalue weighted by atomic mass is 9.92. The van der Waals surface area contributed by atoms with E-state index in [4.69, 9.17) is 14.2 Å². The Bertz CT molecular complexity index is 1130. The summed E-state index contributed by atoms with van der Waals surface area (Å²) in [7, 11) is 0. The summed E-state index contributed by atoms with van der Waals surface area (Å²) in [5.74, 6) is -0.744. The van der Waals surface area contributed by atoms with Gasteiger partial charge in [-0.15, -0.1) is 0 Å². The van der Waals surface area contributed by atoms with Crippen molar-refractivity contribution < 1.29 is 33.4 Å². The largest absolute Gasteiger partial charge is 0.447 e. The monoisotopic (exact) mass is 525 g/mol. The number of carbonyl (C=O) groups excluding carboxylic acids is 4. The summed E-state index contributed by atoms with van der Waals surface area (Å²) >= 11 is 0. The van der Waals surface area contributed by atoms with Gasteiger partial charge >= 0.3 is 18.3 Å². The summed E-state index contributed by atoms with van der Waals surface area (Å²) in [5, 5.41) is 5.19. The number of rotatable bonds is 8. The Morgan fingerprint density at radius 3 is 2.11 bits per heavy atom.